The summed E-state index contributed by atoms with van der Waals surface area (Å²) >= 11 is 1.63. The molecule has 49 heavy (non-hydrogen) atoms. The summed E-state index contributed by atoms with van der Waals surface area (Å²) in [6.07, 6.45) is 9.58. The Morgan fingerprint density at radius 1 is 1.10 bits per heavy atom. The first-order valence-electron chi connectivity index (χ1n) is 17.3. The summed E-state index contributed by atoms with van der Waals surface area (Å²) in [6.45, 7) is 10.2. The van der Waals surface area contributed by atoms with Gasteiger partial charge in [0.25, 0.3) is 0 Å². The van der Waals surface area contributed by atoms with Crippen LogP contribution >= 0.6 is 11.3 Å². The highest BCUT2D eigenvalue weighted by Crippen LogP contribution is 2.33. The fourth-order valence-electron chi connectivity index (χ4n) is 6.37. The van der Waals surface area contributed by atoms with E-state index in [9.17, 15) is 19.2 Å². The second kappa shape index (κ2) is 16.5. The lowest BCUT2D eigenvalue weighted by molar-refractivity contribution is -0.137. The largest absolute Gasteiger partial charge is 0.356 e. The zero-order valence-electron chi connectivity index (χ0n) is 29.0. The van der Waals surface area contributed by atoms with Gasteiger partial charge in [-0.15, -0.1) is 16.4 Å². The molecule has 264 valence electrons. The number of rotatable bonds is 10. The molecule has 3 N–H and O–H groups in total. The fourth-order valence-corrected chi connectivity index (χ4v) is 7.48. The topological polar surface area (TPSA) is 164 Å². The molecule has 3 aromatic rings. The van der Waals surface area contributed by atoms with Crippen molar-refractivity contribution in [1.29, 1.82) is 0 Å². The van der Waals surface area contributed by atoms with E-state index in [0.29, 0.717) is 57.6 Å². The molecule has 13 nitrogen and oxygen atoms in total. The first-order chi connectivity index (χ1) is 23.4. The van der Waals surface area contributed by atoms with Crippen LogP contribution in [-0.2, 0) is 38.6 Å². The maximum absolute atomic E-state index is 14.0. The van der Waals surface area contributed by atoms with Crippen molar-refractivity contribution in [3.8, 4) is 0 Å². The summed E-state index contributed by atoms with van der Waals surface area (Å²) in [5.74, 6) is -0.423. The number of nitrogens with one attached hydrogen (secondary N) is 3. The van der Waals surface area contributed by atoms with Gasteiger partial charge in [-0.3, -0.25) is 24.2 Å². The molecule has 0 aliphatic carbocycles. The number of unbranched alkanes of at least 4 members (excludes halogenated alkanes) is 1. The van der Waals surface area contributed by atoms with Crippen molar-refractivity contribution in [1.82, 2.24) is 45.8 Å². The van der Waals surface area contributed by atoms with Crippen LogP contribution in [0.5, 0.6) is 0 Å². The lowest BCUT2D eigenvalue weighted by Gasteiger charge is -2.34. The molecule has 1 saturated heterocycles. The second-order valence-corrected chi connectivity index (χ2v) is 15.7. The van der Waals surface area contributed by atoms with Crippen LogP contribution in [0.1, 0.15) is 98.5 Å². The minimum atomic E-state index is -0.830. The van der Waals surface area contributed by atoms with Crippen molar-refractivity contribution in [3.63, 3.8) is 0 Å². The second-order valence-electron chi connectivity index (χ2n) is 14.5. The van der Waals surface area contributed by atoms with Gasteiger partial charge >= 0.3 is 0 Å². The molecular formula is C35H49N9O4S. The molecule has 0 radical (unpaired) electrons. The third kappa shape index (κ3) is 10.9. The van der Waals surface area contributed by atoms with E-state index in [1.807, 2.05) is 44.7 Å². The standard InChI is InChI=1S/C35H49N9O4S/c1-23-28-18-31(46)38-26(9-5-6-13-37-32(47)19-35(2,3)4)17-30(45)39-29(34(48)43-14-10-25(11-15-43)33(40-28)49-23)16-27-22-44(42-41-27)21-24-8-7-12-36-20-24/h7-8,12,20,22,25-26,29H,5-6,9-11,13-19,21H2,1-4H3,(H,37,47)(H,38,46)(H,39,45)/t26-,29+/m0/s1. The number of hydrogen-bond donors (Lipinski definition) is 3. The highest BCUT2D eigenvalue weighted by atomic mass is 32.1. The SMILES string of the molecule is Cc1sc2nc1CC(=O)N[C@@H](CCCCNC(=O)CC(C)(C)C)CC(=O)N[C@H](Cc1cn(Cc3cccnc3)nn1)C(=O)N1CCC2CC1. The van der Waals surface area contributed by atoms with Gasteiger partial charge in [0.2, 0.25) is 23.6 Å². The van der Waals surface area contributed by atoms with Crippen molar-refractivity contribution in [2.45, 2.75) is 110 Å². The Morgan fingerprint density at radius 3 is 2.63 bits per heavy atom. The first kappa shape index (κ1) is 36.1. The number of aromatic nitrogens is 5. The van der Waals surface area contributed by atoms with E-state index in [2.05, 4.69) is 31.2 Å². The number of piperidine rings is 1. The fraction of sp³-hybridized carbons (Fsp3) is 0.600. The Labute approximate surface area is 292 Å². The molecule has 4 bridgehead atoms. The molecule has 1 fully saturated rings. The van der Waals surface area contributed by atoms with Gasteiger partial charge in [0.15, 0.2) is 0 Å². The average molecular weight is 692 g/mol. The molecule has 4 amide bonds. The summed E-state index contributed by atoms with van der Waals surface area (Å²) in [5.41, 5.74) is 2.24. The molecule has 14 heteroatoms. The maximum atomic E-state index is 14.0. The van der Waals surface area contributed by atoms with E-state index in [1.165, 1.54) is 0 Å². The van der Waals surface area contributed by atoms with Crippen LogP contribution in [-0.4, -0.2) is 85.2 Å². The normalized spacial score (nSPS) is 20.6. The highest BCUT2D eigenvalue weighted by molar-refractivity contribution is 7.11. The van der Waals surface area contributed by atoms with E-state index in [0.717, 1.165) is 34.0 Å². The molecule has 3 aliphatic rings. The molecule has 0 unspecified atom stereocenters. The van der Waals surface area contributed by atoms with Crippen molar-refractivity contribution >= 4 is 35.0 Å². The van der Waals surface area contributed by atoms with E-state index < -0.39 is 12.1 Å². The van der Waals surface area contributed by atoms with Crippen molar-refractivity contribution in [2.24, 2.45) is 5.41 Å². The van der Waals surface area contributed by atoms with E-state index in [4.69, 9.17) is 4.98 Å². The van der Waals surface area contributed by atoms with Crippen molar-refractivity contribution in [3.05, 3.63) is 57.6 Å². The smallest absolute Gasteiger partial charge is 0.245 e. The Balaban J connectivity index is 1.29. The van der Waals surface area contributed by atoms with Gasteiger partial charge in [0.05, 0.1) is 29.4 Å². The van der Waals surface area contributed by atoms with Gasteiger partial charge in [-0.05, 0) is 56.1 Å². The Kier molecular flexibility index (Phi) is 12.1. The van der Waals surface area contributed by atoms with Crippen molar-refractivity contribution < 1.29 is 19.2 Å². The minimum absolute atomic E-state index is 0.0140. The van der Waals surface area contributed by atoms with E-state index >= 15 is 0 Å². The van der Waals surface area contributed by atoms with Gasteiger partial charge in [0, 0.05) is 74.3 Å². The van der Waals surface area contributed by atoms with Gasteiger partial charge in [-0.1, -0.05) is 32.1 Å². The average Bonchev–Trinajstić information content (AvgIpc) is 3.64. The Bertz CT molecular complexity index is 1590. The lowest BCUT2D eigenvalue weighted by Crippen LogP contribution is -2.52. The van der Waals surface area contributed by atoms with Crippen molar-refractivity contribution in [2.75, 3.05) is 19.6 Å². The third-order valence-corrected chi connectivity index (χ3v) is 10.1. The number of fused-ring (bicyclic) bond motifs is 10. The predicted octanol–water partition coefficient (Wildman–Crippen LogP) is 3.07. The molecular weight excluding hydrogens is 643 g/mol. The summed E-state index contributed by atoms with van der Waals surface area (Å²) < 4.78 is 1.70. The van der Waals surface area contributed by atoms with Gasteiger partial charge in [-0.2, -0.15) is 0 Å². The van der Waals surface area contributed by atoms with Crippen LogP contribution in [0.2, 0.25) is 0 Å². The number of pyridine rings is 1. The van der Waals surface area contributed by atoms with Gasteiger partial charge < -0.3 is 20.9 Å². The lowest BCUT2D eigenvalue weighted by atomic mass is 9.92. The van der Waals surface area contributed by atoms with Crippen LogP contribution in [0.25, 0.3) is 0 Å². The summed E-state index contributed by atoms with van der Waals surface area (Å²) in [7, 11) is 0. The number of carbonyl (C=O) groups excluding carboxylic acids is 4. The quantitative estimate of drug-likeness (QED) is 0.273. The highest BCUT2D eigenvalue weighted by Gasteiger charge is 2.33. The zero-order valence-corrected chi connectivity index (χ0v) is 29.9. The first-order valence-corrected chi connectivity index (χ1v) is 18.1. The van der Waals surface area contributed by atoms with Crippen LogP contribution in [0.3, 0.4) is 0 Å². The molecule has 0 aromatic carbocycles. The van der Waals surface area contributed by atoms with E-state index in [-0.39, 0.29) is 54.2 Å². The van der Waals surface area contributed by atoms with Crippen LogP contribution < -0.4 is 16.0 Å². The molecule has 0 spiro atoms. The minimum Gasteiger partial charge on any atom is -0.356 e. The number of aryl methyl sites for hydroxylation is 1. The van der Waals surface area contributed by atoms with Gasteiger partial charge in [-0.25, -0.2) is 9.67 Å². The third-order valence-electron chi connectivity index (χ3n) is 8.88. The molecule has 6 heterocycles. The molecule has 3 aliphatic heterocycles. The number of amides is 4. The number of carbonyl (C=O) groups is 4. The zero-order chi connectivity index (χ0) is 35.0. The predicted molar refractivity (Wildman–Crippen MR) is 186 cm³/mol. The van der Waals surface area contributed by atoms with Gasteiger partial charge in [0.1, 0.15) is 6.04 Å². The Morgan fingerprint density at radius 2 is 1.90 bits per heavy atom. The molecule has 6 rings (SSSR count). The molecule has 2 atom stereocenters. The summed E-state index contributed by atoms with van der Waals surface area (Å²) in [5, 5.41) is 18.6. The van der Waals surface area contributed by atoms with Crippen LogP contribution in [0.15, 0.2) is 30.7 Å². The molecule has 3 aromatic heterocycles. The van der Waals surface area contributed by atoms with Crippen LogP contribution in [0, 0.1) is 12.3 Å². The molecule has 0 saturated carbocycles. The summed E-state index contributed by atoms with van der Waals surface area (Å²) in [6, 6.07) is 2.54. The maximum Gasteiger partial charge on any atom is 0.245 e. The monoisotopic (exact) mass is 691 g/mol. The summed E-state index contributed by atoms with van der Waals surface area (Å²) in [4.78, 5) is 65.0. The Hall–Kier alpha value is -4.20. The number of nitrogens with zero attached hydrogens (tertiary/aromatic N) is 6. The number of thiazole rings is 1. The van der Waals surface area contributed by atoms with E-state index in [1.54, 1.807) is 34.6 Å². The van der Waals surface area contributed by atoms with Crippen LogP contribution in [0.4, 0.5) is 0 Å². The number of hydrogen-bond acceptors (Lipinski definition) is 9.